The van der Waals surface area contributed by atoms with Crippen LogP contribution in [0, 0.1) is 11.6 Å². The molecule has 1 amide bonds. The number of benzene rings is 2. The Balaban J connectivity index is 2.08. The largest absolute Gasteiger partial charge is 0.534 e. The quantitative estimate of drug-likeness (QED) is 0.321. The lowest BCUT2D eigenvalue weighted by Crippen LogP contribution is -2.28. The summed E-state index contributed by atoms with van der Waals surface area (Å²) in [7, 11) is -5.82. The number of hydrogen-bond acceptors (Lipinski definition) is 4. The van der Waals surface area contributed by atoms with E-state index in [1.807, 2.05) is 0 Å². The average Bonchev–Trinajstić information content (AvgIpc) is 2.59. The third-order valence-corrected chi connectivity index (χ3v) is 4.56. The Morgan fingerprint density at radius 2 is 1.83 bits per heavy atom. The van der Waals surface area contributed by atoms with Gasteiger partial charge < -0.3 is 9.50 Å². The zero-order chi connectivity index (χ0) is 21.8. The molecule has 0 aliphatic heterocycles. The molecule has 0 fully saturated rings. The van der Waals surface area contributed by atoms with Gasteiger partial charge in [-0.2, -0.15) is 21.6 Å². The van der Waals surface area contributed by atoms with E-state index in [4.69, 9.17) is 0 Å². The molecule has 5 nitrogen and oxygen atoms in total. The van der Waals surface area contributed by atoms with Crippen LogP contribution >= 0.6 is 0 Å². The van der Waals surface area contributed by atoms with E-state index in [-0.39, 0.29) is 11.1 Å². The van der Waals surface area contributed by atoms with Crippen LogP contribution in [0.25, 0.3) is 6.08 Å². The summed E-state index contributed by atoms with van der Waals surface area (Å²) >= 11 is 0. The first-order valence-corrected chi connectivity index (χ1v) is 9.34. The molecule has 0 bridgehead atoms. The Kier molecular flexibility index (Phi) is 6.62. The summed E-state index contributed by atoms with van der Waals surface area (Å²) in [5, 5.41) is 2.47. The van der Waals surface area contributed by atoms with Crippen molar-refractivity contribution in [1.29, 1.82) is 0 Å². The maximum atomic E-state index is 13.5. The van der Waals surface area contributed by atoms with E-state index in [9.17, 15) is 35.2 Å². The van der Waals surface area contributed by atoms with Crippen molar-refractivity contribution in [3.8, 4) is 5.75 Å². The molecule has 2 aromatic carbocycles. The van der Waals surface area contributed by atoms with Gasteiger partial charge in [0.2, 0.25) is 5.91 Å². The van der Waals surface area contributed by atoms with E-state index < -0.39 is 45.0 Å². The third kappa shape index (κ3) is 6.01. The van der Waals surface area contributed by atoms with Crippen LogP contribution in [0.4, 0.5) is 22.0 Å². The molecule has 0 aromatic heterocycles. The van der Waals surface area contributed by atoms with Gasteiger partial charge in [0, 0.05) is 17.7 Å². The van der Waals surface area contributed by atoms with Crippen molar-refractivity contribution in [2.45, 2.75) is 18.5 Å². The first kappa shape index (κ1) is 22.3. The maximum Gasteiger partial charge on any atom is 0.534 e. The molecule has 0 spiro atoms. The Labute approximate surface area is 162 Å². The molecular weight excluding hydrogens is 421 g/mol. The lowest BCUT2D eigenvalue weighted by molar-refractivity contribution is -0.117. The van der Waals surface area contributed by atoms with Crippen molar-refractivity contribution < 1.29 is 39.3 Å². The zero-order valence-corrected chi connectivity index (χ0v) is 15.5. The minimum absolute atomic E-state index is 0.0260. The molecule has 1 atom stereocenters. The topological polar surface area (TPSA) is 72.5 Å². The predicted molar refractivity (Wildman–Crippen MR) is 94.0 cm³/mol. The van der Waals surface area contributed by atoms with Crippen molar-refractivity contribution in [3.05, 3.63) is 71.3 Å². The van der Waals surface area contributed by atoms with Crippen LogP contribution in [0.5, 0.6) is 5.75 Å². The second-order valence-corrected chi connectivity index (χ2v) is 7.32. The fourth-order valence-corrected chi connectivity index (χ4v) is 2.61. The van der Waals surface area contributed by atoms with Gasteiger partial charge in [0.15, 0.2) is 0 Å². The van der Waals surface area contributed by atoms with Crippen LogP contribution in [0.1, 0.15) is 24.1 Å². The van der Waals surface area contributed by atoms with Gasteiger partial charge in [-0.05, 0) is 42.8 Å². The van der Waals surface area contributed by atoms with Crippen molar-refractivity contribution >= 4 is 22.1 Å². The van der Waals surface area contributed by atoms with Gasteiger partial charge in [0.1, 0.15) is 17.4 Å². The third-order valence-electron chi connectivity index (χ3n) is 3.58. The lowest BCUT2D eigenvalue weighted by atomic mass is 10.1. The van der Waals surface area contributed by atoms with Crippen molar-refractivity contribution in [3.63, 3.8) is 0 Å². The highest BCUT2D eigenvalue weighted by Crippen LogP contribution is 2.28. The summed E-state index contributed by atoms with van der Waals surface area (Å²) < 4.78 is 89.8. The highest BCUT2D eigenvalue weighted by Gasteiger charge is 2.48. The SMILES string of the molecule is CC(NC(=O)/C=C/c1ccc(F)cc1F)c1cccc(OS(=O)(=O)C(F)(F)F)c1. The molecule has 0 saturated heterocycles. The van der Waals surface area contributed by atoms with Gasteiger partial charge >= 0.3 is 15.6 Å². The average molecular weight is 435 g/mol. The Morgan fingerprint density at radius 3 is 2.45 bits per heavy atom. The summed E-state index contributed by atoms with van der Waals surface area (Å²) in [6.07, 6.45) is 2.10. The van der Waals surface area contributed by atoms with Gasteiger partial charge in [-0.15, -0.1) is 0 Å². The normalized spacial score (nSPS) is 13.3. The van der Waals surface area contributed by atoms with E-state index in [2.05, 4.69) is 9.50 Å². The second kappa shape index (κ2) is 8.60. The number of amides is 1. The molecule has 2 rings (SSSR count). The van der Waals surface area contributed by atoms with Crippen LogP contribution < -0.4 is 9.50 Å². The Hall–Kier alpha value is -2.95. The molecule has 2 aromatic rings. The van der Waals surface area contributed by atoms with Crippen LogP contribution in [-0.2, 0) is 14.9 Å². The van der Waals surface area contributed by atoms with Gasteiger partial charge in [-0.1, -0.05) is 12.1 Å². The summed E-state index contributed by atoms with van der Waals surface area (Å²) in [4.78, 5) is 12.0. The number of carbonyl (C=O) groups excluding carboxylic acids is 1. The number of halogens is 5. The molecular formula is C18H14F5NO4S. The summed E-state index contributed by atoms with van der Waals surface area (Å²) in [5.41, 5.74) is -5.35. The molecule has 11 heteroatoms. The molecule has 0 heterocycles. The van der Waals surface area contributed by atoms with Crippen LogP contribution in [-0.4, -0.2) is 19.8 Å². The van der Waals surface area contributed by atoms with E-state index in [0.29, 0.717) is 6.07 Å². The van der Waals surface area contributed by atoms with E-state index in [1.165, 1.54) is 19.1 Å². The van der Waals surface area contributed by atoms with Crippen molar-refractivity contribution in [2.24, 2.45) is 0 Å². The molecule has 1 N–H and O–H groups in total. The minimum atomic E-state index is -5.82. The first-order valence-electron chi connectivity index (χ1n) is 7.93. The van der Waals surface area contributed by atoms with E-state index >= 15 is 0 Å². The summed E-state index contributed by atoms with van der Waals surface area (Å²) in [5.74, 6) is -2.88. The van der Waals surface area contributed by atoms with Crippen molar-refractivity contribution in [1.82, 2.24) is 5.32 Å². The minimum Gasteiger partial charge on any atom is -0.376 e. The fraction of sp³-hybridized carbons (Fsp3) is 0.167. The monoisotopic (exact) mass is 435 g/mol. The lowest BCUT2D eigenvalue weighted by Gasteiger charge is -2.15. The van der Waals surface area contributed by atoms with Gasteiger partial charge in [-0.25, -0.2) is 8.78 Å². The highest BCUT2D eigenvalue weighted by atomic mass is 32.2. The molecule has 0 radical (unpaired) electrons. The molecule has 0 saturated carbocycles. The fourth-order valence-electron chi connectivity index (χ4n) is 2.16. The number of alkyl halides is 3. The molecule has 0 aliphatic rings. The standard InChI is InChI=1S/C18H14F5NO4S/c1-11(24-17(25)8-6-12-5-7-14(19)10-16(12)20)13-3-2-4-15(9-13)28-29(26,27)18(21,22)23/h2-11H,1H3,(H,24,25)/b8-6+. The van der Waals surface area contributed by atoms with E-state index in [1.54, 1.807) is 0 Å². The molecule has 0 aliphatic carbocycles. The Morgan fingerprint density at radius 1 is 1.14 bits per heavy atom. The van der Waals surface area contributed by atoms with Gasteiger partial charge in [0.05, 0.1) is 6.04 Å². The molecule has 156 valence electrons. The number of hydrogen-bond donors (Lipinski definition) is 1. The predicted octanol–water partition coefficient (Wildman–Crippen LogP) is 4.08. The Bertz CT molecular complexity index is 1030. The smallest absolute Gasteiger partial charge is 0.376 e. The van der Waals surface area contributed by atoms with Crippen LogP contribution in [0.3, 0.4) is 0 Å². The zero-order valence-electron chi connectivity index (χ0n) is 14.7. The first-order chi connectivity index (χ1) is 13.4. The molecule has 29 heavy (non-hydrogen) atoms. The van der Waals surface area contributed by atoms with Gasteiger partial charge in [-0.3, -0.25) is 4.79 Å². The summed E-state index contributed by atoms with van der Waals surface area (Å²) in [6.45, 7) is 1.49. The van der Waals surface area contributed by atoms with E-state index in [0.717, 1.165) is 36.4 Å². The van der Waals surface area contributed by atoms with Gasteiger partial charge in [0.25, 0.3) is 0 Å². The highest BCUT2D eigenvalue weighted by molar-refractivity contribution is 7.88. The second-order valence-electron chi connectivity index (χ2n) is 5.79. The van der Waals surface area contributed by atoms with Crippen molar-refractivity contribution in [2.75, 3.05) is 0 Å². The number of nitrogens with one attached hydrogen (secondary N) is 1. The number of rotatable bonds is 6. The van der Waals surface area contributed by atoms with Crippen LogP contribution in [0.2, 0.25) is 0 Å². The number of carbonyl (C=O) groups is 1. The summed E-state index contributed by atoms with van der Waals surface area (Å²) in [6, 6.07) is 6.78. The van der Waals surface area contributed by atoms with Crippen LogP contribution in [0.15, 0.2) is 48.5 Å². The maximum absolute atomic E-state index is 13.5. The molecule has 1 unspecified atom stereocenters.